The van der Waals surface area contributed by atoms with Gasteiger partial charge >= 0.3 is 11.7 Å². The molecule has 1 atom stereocenters. The maximum Gasteiger partial charge on any atom is 0.327 e. The number of aliphatic carboxylic acids is 1. The van der Waals surface area contributed by atoms with E-state index in [1.807, 2.05) is 46.8 Å². The molecular formula is C15H20N2O3. The van der Waals surface area contributed by atoms with Crippen LogP contribution in [0, 0.1) is 19.3 Å². The van der Waals surface area contributed by atoms with Crippen LogP contribution in [0.3, 0.4) is 0 Å². The number of benzene rings is 1. The van der Waals surface area contributed by atoms with Gasteiger partial charge in [0.05, 0.1) is 11.0 Å². The largest absolute Gasteiger partial charge is 0.480 e. The summed E-state index contributed by atoms with van der Waals surface area (Å²) in [6, 6.07) is 2.90. The van der Waals surface area contributed by atoms with Crippen LogP contribution in [0.5, 0.6) is 0 Å². The van der Waals surface area contributed by atoms with Crippen molar-refractivity contribution in [3.8, 4) is 0 Å². The van der Waals surface area contributed by atoms with Crippen LogP contribution < -0.4 is 5.69 Å². The second-order valence-corrected chi connectivity index (χ2v) is 6.38. The molecule has 1 unspecified atom stereocenters. The highest BCUT2D eigenvalue weighted by Crippen LogP contribution is 2.32. The zero-order valence-electron chi connectivity index (χ0n) is 12.4. The molecule has 0 fully saturated rings. The van der Waals surface area contributed by atoms with Crippen molar-refractivity contribution >= 4 is 17.0 Å². The first kappa shape index (κ1) is 14.4. The van der Waals surface area contributed by atoms with Crippen molar-refractivity contribution in [3.63, 3.8) is 0 Å². The molecule has 5 heteroatoms. The van der Waals surface area contributed by atoms with Gasteiger partial charge in [-0.3, -0.25) is 4.57 Å². The van der Waals surface area contributed by atoms with Crippen molar-refractivity contribution in [2.45, 2.75) is 40.7 Å². The molecule has 0 aliphatic rings. The lowest BCUT2D eigenvalue weighted by Gasteiger charge is -2.28. The van der Waals surface area contributed by atoms with Gasteiger partial charge in [0.15, 0.2) is 0 Å². The lowest BCUT2D eigenvalue weighted by molar-refractivity contribution is -0.144. The summed E-state index contributed by atoms with van der Waals surface area (Å²) < 4.78 is 1.36. The van der Waals surface area contributed by atoms with Crippen LogP contribution in [0.15, 0.2) is 16.9 Å². The number of nitrogens with one attached hydrogen (secondary N) is 1. The number of hydrogen-bond donors (Lipinski definition) is 2. The van der Waals surface area contributed by atoms with E-state index in [-0.39, 0.29) is 5.69 Å². The number of aromatic nitrogens is 2. The quantitative estimate of drug-likeness (QED) is 0.885. The third kappa shape index (κ3) is 2.24. The van der Waals surface area contributed by atoms with Gasteiger partial charge in [-0.2, -0.15) is 0 Å². The molecule has 1 heterocycles. The molecule has 0 saturated heterocycles. The first-order chi connectivity index (χ1) is 9.12. The van der Waals surface area contributed by atoms with Crippen LogP contribution in [-0.4, -0.2) is 20.6 Å². The molecule has 0 aliphatic heterocycles. The first-order valence-electron chi connectivity index (χ1n) is 6.57. The van der Waals surface area contributed by atoms with E-state index in [0.717, 1.165) is 11.1 Å². The van der Waals surface area contributed by atoms with E-state index in [1.165, 1.54) is 4.57 Å². The molecule has 1 aromatic carbocycles. The fourth-order valence-electron chi connectivity index (χ4n) is 2.70. The first-order valence-corrected chi connectivity index (χ1v) is 6.57. The van der Waals surface area contributed by atoms with Crippen molar-refractivity contribution in [1.82, 2.24) is 9.55 Å². The predicted octanol–water partition coefficient (Wildman–Crippen LogP) is 2.62. The van der Waals surface area contributed by atoms with Gasteiger partial charge in [0, 0.05) is 0 Å². The Hall–Kier alpha value is -2.04. The maximum absolute atomic E-state index is 12.2. The molecule has 0 radical (unpaired) electrons. The van der Waals surface area contributed by atoms with Crippen molar-refractivity contribution in [3.05, 3.63) is 33.7 Å². The number of aryl methyl sites for hydroxylation is 2. The monoisotopic (exact) mass is 276 g/mol. The van der Waals surface area contributed by atoms with Crippen molar-refractivity contribution in [2.75, 3.05) is 0 Å². The summed E-state index contributed by atoms with van der Waals surface area (Å²) in [6.07, 6.45) is 0. The van der Waals surface area contributed by atoms with Crippen molar-refractivity contribution < 1.29 is 9.90 Å². The lowest BCUT2D eigenvalue weighted by atomic mass is 9.86. The SMILES string of the molecule is Cc1cc(C)c2[nH]c(=O)n(C(C(=O)O)C(C)(C)C)c2c1. The van der Waals surface area contributed by atoms with Crippen LogP contribution >= 0.6 is 0 Å². The van der Waals surface area contributed by atoms with E-state index in [9.17, 15) is 14.7 Å². The molecule has 2 aromatic rings. The van der Waals surface area contributed by atoms with Crippen LogP contribution in [0.25, 0.3) is 11.0 Å². The van der Waals surface area contributed by atoms with E-state index in [1.54, 1.807) is 0 Å². The van der Waals surface area contributed by atoms with Gasteiger partial charge in [-0.05, 0) is 36.5 Å². The molecule has 0 aliphatic carbocycles. The summed E-state index contributed by atoms with van der Waals surface area (Å²) in [4.78, 5) is 26.6. The highest BCUT2D eigenvalue weighted by atomic mass is 16.4. The summed E-state index contributed by atoms with van der Waals surface area (Å²) >= 11 is 0. The number of carboxylic acids is 1. The van der Waals surface area contributed by atoms with Crippen LogP contribution in [0.4, 0.5) is 0 Å². The van der Waals surface area contributed by atoms with E-state index >= 15 is 0 Å². The molecule has 0 saturated carbocycles. The predicted molar refractivity (Wildman–Crippen MR) is 78.2 cm³/mol. The summed E-state index contributed by atoms with van der Waals surface area (Å²) in [6.45, 7) is 9.29. The van der Waals surface area contributed by atoms with Crippen LogP contribution in [0.2, 0.25) is 0 Å². The summed E-state index contributed by atoms with van der Waals surface area (Å²) in [5, 5.41) is 9.53. The van der Waals surface area contributed by atoms with Crippen molar-refractivity contribution in [1.29, 1.82) is 0 Å². The van der Waals surface area contributed by atoms with Gasteiger partial charge in [-0.25, -0.2) is 9.59 Å². The number of rotatable bonds is 2. The topological polar surface area (TPSA) is 75.1 Å². The Kier molecular flexibility index (Phi) is 3.24. The second-order valence-electron chi connectivity index (χ2n) is 6.38. The minimum absolute atomic E-state index is 0.379. The Balaban J connectivity index is 2.86. The Bertz CT molecular complexity index is 732. The number of fused-ring (bicyclic) bond motifs is 1. The molecule has 0 spiro atoms. The van der Waals surface area contributed by atoms with E-state index in [0.29, 0.717) is 11.0 Å². The van der Waals surface area contributed by atoms with E-state index in [2.05, 4.69) is 4.98 Å². The molecule has 5 nitrogen and oxygen atoms in total. The minimum Gasteiger partial charge on any atom is -0.480 e. The number of nitrogens with zero attached hydrogens (tertiary/aromatic N) is 1. The lowest BCUT2D eigenvalue weighted by Crippen LogP contribution is -2.36. The van der Waals surface area contributed by atoms with Gasteiger partial charge in [0.25, 0.3) is 0 Å². The number of carbonyl (C=O) groups is 1. The van der Waals surface area contributed by atoms with Gasteiger partial charge in [-0.15, -0.1) is 0 Å². The molecule has 2 N–H and O–H groups in total. The molecule has 1 aromatic heterocycles. The highest BCUT2D eigenvalue weighted by molar-refractivity contribution is 5.83. The fraction of sp³-hybridized carbons (Fsp3) is 0.467. The molecule has 0 bridgehead atoms. The molecule has 20 heavy (non-hydrogen) atoms. The van der Waals surface area contributed by atoms with Gasteiger partial charge in [0.2, 0.25) is 0 Å². The second kappa shape index (κ2) is 4.51. The zero-order chi connectivity index (χ0) is 15.2. The van der Waals surface area contributed by atoms with Crippen LogP contribution in [-0.2, 0) is 4.79 Å². The molecule has 0 amide bonds. The molecule has 108 valence electrons. The Morgan fingerprint density at radius 3 is 2.40 bits per heavy atom. The molecular weight excluding hydrogens is 256 g/mol. The Morgan fingerprint density at radius 1 is 1.30 bits per heavy atom. The van der Waals surface area contributed by atoms with E-state index < -0.39 is 17.4 Å². The highest BCUT2D eigenvalue weighted by Gasteiger charge is 2.35. The average molecular weight is 276 g/mol. The van der Waals surface area contributed by atoms with Gasteiger partial charge < -0.3 is 10.1 Å². The van der Waals surface area contributed by atoms with Gasteiger partial charge in [0.1, 0.15) is 6.04 Å². The van der Waals surface area contributed by atoms with Crippen LogP contribution in [0.1, 0.15) is 37.9 Å². The summed E-state index contributed by atoms with van der Waals surface area (Å²) in [5.41, 5.74) is 2.35. The number of carboxylic acid groups (broad SMARTS) is 1. The fourth-order valence-corrected chi connectivity index (χ4v) is 2.70. The Morgan fingerprint density at radius 2 is 1.90 bits per heavy atom. The third-order valence-corrected chi connectivity index (χ3v) is 3.48. The molecule has 2 rings (SSSR count). The minimum atomic E-state index is -1.00. The average Bonchev–Trinajstić information content (AvgIpc) is 2.55. The number of aromatic amines is 1. The number of imidazole rings is 1. The summed E-state index contributed by atoms with van der Waals surface area (Å²) in [7, 11) is 0. The third-order valence-electron chi connectivity index (χ3n) is 3.48. The zero-order valence-corrected chi connectivity index (χ0v) is 12.4. The normalized spacial score (nSPS) is 13.7. The smallest absolute Gasteiger partial charge is 0.327 e. The Labute approximate surface area is 117 Å². The summed E-state index contributed by atoms with van der Waals surface area (Å²) in [5.74, 6) is -1.00. The van der Waals surface area contributed by atoms with Crippen molar-refractivity contribution in [2.24, 2.45) is 5.41 Å². The number of hydrogen-bond acceptors (Lipinski definition) is 2. The van der Waals surface area contributed by atoms with Gasteiger partial charge in [-0.1, -0.05) is 26.8 Å². The standard InChI is InChI=1S/C15H20N2O3/c1-8-6-9(2)11-10(7-8)17(14(20)16-11)12(13(18)19)15(3,4)5/h6-7,12H,1-5H3,(H,16,20)(H,18,19). The maximum atomic E-state index is 12.2. The van der Waals surface area contributed by atoms with E-state index in [4.69, 9.17) is 0 Å². The number of H-pyrrole nitrogens is 1.